The van der Waals surface area contributed by atoms with E-state index in [0.717, 1.165) is 24.5 Å². The molecule has 0 aliphatic rings. The predicted molar refractivity (Wildman–Crippen MR) is 76.0 cm³/mol. The highest BCUT2D eigenvalue weighted by molar-refractivity contribution is 5.90. The summed E-state index contributed by atoms with van der Waals surface area (Å²) in [6, 6.07) is 2.55. The molecule has 2 rings (SSSR count). The Bertz CT molecular complexity index is 917. The van der Waals surface area contributed by atoms with E-state index in [2.05, 4.69) is 5.32 Å². The normalized spacial score (nSPS) is 11.4. The van der Waals surface area contributed by atoms with E-state index in [0.29, 0.717) is 10.6 Å². The molecule has 11 heteroatoms. The van der Waals surface area contributed by atoms with Gasteiger partial charge in [0.05, 0.1) is 0 Å². The Morgan fingerprint density at radius 1 is 1.00 bits per heavy atom. The number of hydrogen-bond acceptors (Lipinski definition) is 3. The predicted octanol–water partition coefficient (Wildman–Crippen LogP) is 1.49. The Labute approximate surface area is 136 Å². The van der Waals surface area contributed by atoms with Crippen molar-refractivity contribution in [3.05, 3.63) is 62.9 Å². The molecule has 1 aromatic carbocycles. The first-order valence-corrected chi connectivity index (χ1v) is 6.68. The standard InChI is InChI=1S/C14H10F5N3O3/c15-9-2-1-8(5-10(9)16)20-11(23)6-21-3-4-22(7-14(17,18)19)13(25)12(21)24/h1-5H,6-7H2,(H,20,23). The van der Waals surface area contributed by atoms with Gasteiger partial charge >= 0.3 is 17.3 Å². The Balaban J connectivity index is 2.16. The van der Waals surface area contributed by atoms with Crippen LogP contribution in [-0.4, -0.2) is 21.2 Å². The van der Waals surface area contributed by atoms with Crippen molar-refractivity contribution in [3.63, 3.8) is 0 Å². The number of carbonyl (C=O) groups is 1. The van der Waals surface area contributed by atoms with Crippen molar-refractivity contribution in [2.24, 2.45) is 0 Å². The second kappa shape index (κ2) is 6.87. The number of halogens is 5. The van der Waals surface area contributed by atoms with Gasteiger partial charge in [0.25, 0.3) is 0 Å². The summed E-state index contributed by atoms with van der Waals surface area (Å²) >= 11 is 0. The first-order valence-electron chi connectivity index (χ1n) is 6.68. The van der Waals surface area contributed by atoms with Gasteiger partial charge in [-0.05, 0) is 12.1 Å². The molecule has 0 saturated carbocycles. The van der Waals surface area contributed by atoms with Gasteiger partial charge in [-0.25, -0.2) is 8.78 Å². The van der Waals surface area contributed by atoms with Gasteiger partial charge in [0.2, 0.25) is 5.91 Å². The summed E-state index contributed by atoms with van der Waals surface area (Å²) in [5, 5.41) is 2.16. The molecule has 0 saturated heterocycles. The molecule has 1 aromatic heterocycles. The molecule has 0 bridgehead atoms. The van der Waals surface area contributed by atoms with Gasteiger partial charge in [-0.2, -0.15) is 13.2 Å². The second-order valence-electron chi connectivity index (χ2n) is 4.96. The maximum Gasteiger partial charge on any atom is 0.406 e. The summed E-state index contributed by atoms with van der Waals surface area (Å²) in [7, 11) is 0. The average molecular weight is 363 g/mol. The maximum atomic E-state index is 13.0. The Hall–Kier alpha value is -2.98. The smallest absolute Gasteiger partial charge is 0.324 e. The molecule has 1 amide bonds. The number of carbonyl (C=O) groups excluding carboxylic acids is 1. The van der Waals surface area contributed by atoms with E-state index in [1.807, 2.05) is 0 Å². The molecule has 0 atom stereocenters. The molecule has 0 aliphatic carbocycles. The molecule has 0 spiro atoms. The highest BCUT2D eigenvalue weighted by Gasteiger charge is 2.28. The van der Waals surface area contributed by atoms with Crippen LogP contribution in [0.3, 0.4) is 0 Å². The van der Waals surface area contributed by atoms with Crippen LogP contribution in [0.4, 0.5) is 27.6 Å². The fourth-order valence-corrected chi connectivity index (χ4v) is 1.91. The SMILES string of the molecule is O=C(Cn1ccn(CC(F)(F)F)c(=O)c1=O)Nc1ccc(F)c(F)c1. The molecule has 1 N–H and O–H groups in total. The number of nitrogens with zero attached hydrogens (tertiary/aromatic N) is 2. The van der Waals surface area contributed by atoms with Crippen molar-refractivity contribution < 1.29 is 26.7 Å². The van der Waals surface area contributed by atoms with Gasteiger partial charge in [-0.15, -0.1) is 0 Å². The van der Waals surface area contributed by atoms with Crippen LogP contribution in [0, 0.1) is 11.6 Å². The minimum absolute atomic E-state index is 0.0950. The number of nitrogens with one attached hydrogen (secondary N) is 1. The molecule has 0 aliphatic heterocycles. The van der Waals surface area contributed by atoms with Crippen molar-refractivity contribution in [2.75, 3.05) is 5.32 Å². The van der Waals surface area contributed by atoms with Crippen LogP contribution >= 0.6 is 0 Å². The van der Waals surface area contributed by atoms with Crippen LogP contribution in [0.15, 0.2) is 40.2 Å². The number of alkyl halides is 3. The number of rotatable bonds is 4. The van der Waals surface area contributed by atoms with Gasteiger partial charge in [0.1, 0.15) is 13.1 Å². The largest absolute Gasteiger partial charge is 0.406 e. The summed E-state index contributed by atoms with van der Waals surface area (Å²) in [5.41, 5.74) is -2.87. The lowest BCUT2D eigenvalue weighted by Gasteiger charge is -2.11. The fourth-order valence-electron chi connectivity index (χ4n) is 1.91. The Morgan fingerprint density at radius 2 is 1.60 bits per heavy atom. The fraction of sp³-hybridized carbons (Fsp3) is 0.214. The molecule has 1 heterocycles. The zero-order valence-electron chi connectivity index (χ0n) is 12.3. The topological polar surface area (TPSA) is 73.1 Å². The van der Waals surface area contributed by atoms with E-state index in [4.69, 9.17) is 0 Å². The maximum absolute atomic E-state index is 13.0. The van der Waals surface area contributed by atoms with Gasteiger partial charge in [-0.1, -0.05) is 0 Å². The number of benzene rings is 1. The molecule has 0 radical (unpaired) electrons. The minimum atomic E-state index is -4.69. The lowest BCUT2D eigenvalue weighted by molar-refractivity contribution is -0.141. The van der Waals surface area contributed by atoms with E-state index in [9.17, 15) is 36.3 Å². The third-order valence-electron chi connectivity index (χ3n) is 3.00. The van der Waals surface area contributed by atoms with Crippen LogP contribution in [0.5, 0.6) is 0 Å². The summed E-state index contributed by atoms with van der Waals surface area (Å²) in [4.78, 5) is 35.1. The van der Waals surface area contributed by atoms with Gasteiger partial charge in [0, 0.05) is 24.1 Å². The van der Waals surface area contributed by atoms with Crippen LogP contribution in [-0.2, 0) is 17.9 Å². The summed E-state index contributed by atoms with van der Waals surface area (Å²) in [6.45, 7) is -2.33. The monoisotopic (exact) mass is 363 g/mol. The summed E-state index contributed by atoms with van der Waals surface area (Å²) in [6.07, 6.45) is -3.12. The molecule has 6 nitrogen and oxygen atoms in total. The highest BCUT2D eigenvalue weighted by atomic mass is 19.4. The lowest BCUT2D eigenvalue weighted by atomic mass is 10.3. The molecular weight excluding hydrogens is 353 g/mol. The third-order valence-corrected chi connectivity index (χ3v) is 3.00. The van der Waals surface area contributed by atoms with E-state index >= 15 is 0 Å². The quantitative estimate of drug-likeness (QED) is 0.661. The molecule has 2 aromatic rings. The first kappa shape index (κ1) is 18.4. The average Bonchev–Trinajstić information content (AvgIpc) is 2.49. The zero-order chi connectivity index (χ0) is 18.8. The number of hydrogen-bond donors (Lipinski definition) is 1. The Kier molecular flexibility index (Phi) is 5.04. The van der Waals surface area contributed by atoms with E-state index in [1.165, 1.54) is 0 Å². The van der Waals surface area contributed by atoms with Crippen molar-refractivity contribution in [1.29, 1.82) is 0 Å². The van der Waals surface area contributed by atoms with Gasteiger partial charge < -0.3 is 9.88 Å². The Morgan fingerprint density at radius 3 is 2.20 bits per heavy atom. The van der Waals surface area contributed by atoms with Crippen LogP contribution in [0.2, 0.25) is 0 Å². The van der Waals surface area contributed by atoms with Crippen LogP contribution in [0.25, 0.3) is 0 Å². The van der Waals surface area contributed by atoms with E-state index < -0.39 is 47.9 Å². The number of anilines is 1. The van der Waals surface area contributed by atoms with Gasteiger partial charge in [-0.3, -0.25) is 19.0 Å². The first-order chi connectivity index (χ1) is 11.6. The van der Waals surface area contributed by atoms with E-state index in [-0.39, 0.29) is 10.3 Å². The highest BCUT2D eigenvalue weighted by Crippen LogP contribution is 2.16. The van der Waals surface area contributed by atoms with Crippen molar-refractivity contribution >= 4 is 11.6 Å². The zero-order valence-corrected chi connectivity index (χ0v) is 12.3. The van der Waals surface area contributed by atoms with Crippen molar-refractivity contribution in [1.82, 2.24) is 9.13 Å². The van der Waals surface area contributed by atoms with Crippen molar-refractivity contribution in [3.8, 4) is 0 Å². The molecular formula is C14H10F5N3O3. The lowest BCUT2D eigenvalue weighted by Crippen LogP contribution is -2.43. The summed E-state index contributed by atoms with van der Waals surface area (Å²) < 4.78 is 63.4. The molecule has 134 valence electrons. The summed E-state index contributed by atoms with van der Waals surface area (Å²) in [5.74, 6) is -3.19. The molecule has 0 unspecified atom stereocenters. The second-order valence-corrected chi connectivity index (χ2v) is 4.96. The number of aromatic nitrogens is 2. The van der Waals surface area contributed by atoms with E-state index in [1.54, 1.807) is 0 Å². The van der Waals surface area contributed by atoms with Crippen molar-refractivity contribution in [2.45, 2.75) is 19.3 Å². The number of amides is 1. The third kappa shape index (κ3) is 4.75. The molecule has 0 fully saturated rings. The minimum Gasteiger partial charge on any atom is -0.324 e. The van der Waals surface area contributed by atoms with Crippen LogP contribution < -0.4 is 16.4 Å². The van der Waals surface area contributed by atoms with Crippen LogP contribution in [0.1, 0.15) is 0 Å². The molecule has 25 heavy (non-hydrogen) atoms. The van der Waals surface area contributed by atoms with Gasteiger partial charge in [0.15, 0.2) is 11.6 Å².